The van der Waals surface area contributed by atoms with E-state index in [1.165, 1.54) is 18.2 Å². The summed E-state index contributed by atoms with van der Waals surface area (Å²) in [5.74, 6) is -0.953. The van der Waals surface area contributed by atoms with Gasteiger partial charge >= 0.3 is 6.03 Å². The third-order valence-corrected chi connectivity index (χ3v) is 4.31. The molecule has 8 heteroatoms. The molecule has 1 unspecified atom stereocenters. The van der Waals surface area contributed by atoms with Crippen LogP contribution in [0.2, 0.25) is 5.02 Å². The van der Waals surface area contributed by atoms with Gasteiger partial charge in [-0.1, -0.05) is 29.8 Å². The summed E-state index contributed by atoms with van der Waals surface area (Å²) >= 11 is 5.88. The summed E-state index contributed by atoms with van der Waals surface area (Å²) in [5, 5.41) is 16.7. The van der Waals surface area contributed by atoms with Gasteiger partial charge in [-0.15, -0.1) is 0 Å². The Kier molecular flexibility index (Phi) is 5.05. The average Bonchev–Trinajstić information content (AvgIpc) is 3.09. The molecule has 0 aliphatic carbocycles. The van der Waals surface area contributed by atoms with Crippen LogP contribution in [0.1, 0.15) is 22.7 Å². The van der Waals surface area contributed by atoms with Crippen LogP contribution in [-0.2, 0) is 4.79 Å². The lowest BCUT2D eigenvalue weighted by Crippen LogP contribution is -2.44. The minimum atomic E-state index is -0.709. The van der Waals surface area contributed by atoms with Gasteiger partial charge in [-0.25, -0.2) is 9.18 Å². The number of carbonyl (C=O) groups excluding carboxylic acids is 2. The van der Waals surface area contributed by atoms with Gasteiger partial charge in [0.15, 0.2) is 0 Å². The van der Waals surface area contributed by atoms with E-state index < -0.39 is 29.8 Å². The molecule has 3 amide bonds. The minimum absolute atomic E-state index is 0.0637. The SMILES string of the molecule is N#Cc1ccc([C@@H](NC(=O)C2CNC(=O)N2)c2ccc(F)c(Cl)c2)cc1. The number of rotatable bonds is 4. The van der Waals surface area contributed by atoms with Gasteiger partial charge in [-0.05, 0) is 35.4 Å². The van der Waals surface area contributed by atoms with Crippen molar-refractivity contribution >= 4 is 23.5 Å². The van der Waals surface area contributed by atoms with Crippen molar-refractivity contribution in [2.45, 2.75) is 12.1 Å². The van der Waals surface area contributed by atoms with Gasteiger partial charge in [0.2, 0.25) is 5.91 Å². The molecule has 0 aromatic heterocycles. The molecule has 1 aliphatic rings. The van der Waals surface area contributed by atoms with E-state index in [4.69, 9.17) is 16.9 Å². The Morgan fingerprint density at radius 1 is 1.27 bits per heavy atom. The molecule has 132 valence electrons. The van der Waals surface area contributed by atoms with Gasteiger partial charge in [0.05, 0.1) is 22.7 Å². The van der Waals surface area contributed by atoms with E-state index in [2.05, 4.69) is 16.0 Å². The molecule has 0 spiro atoms. The number of nitriles is 1. The summed E-state index contributed by atoms with van der Waals surface area (Å²) < 4.78 is 13.5. The largest absolute Gasteiger partial charge is 0.343 e. The van der Waals surface area contributed by atoms with Crippen LogP contribution in [-0.4, -0.2) is 24.5 Å². The second-order valence-corrected chi connectivity index (χ2v) is 6.16. The fourth-order valence-electron chi connectivity index (χ4n) is 2.66. The van der Waals surface area contributed by atoms with Crippen LogP contribution < -0.4 is 16.0 Å². The summed E-state index contributed by atoms with van der Waals surface area (Å²) in [6.45, 7) is 0.176. The Bertz CT molecular complexity index is 895. The highest BCUT2D eigenvalue weighted by Crippen LogP contribution is 2.26. The van der Waals surface area contributed by atoms with Gasteiger partial charge < -0.3 is 16.0 Å². The average molecular weight is 373 g/mol. The van der Waals surface area contributed by atoms with Crippen LogP contribution in [0.4, 0.5) is 9.18 Å². The molecule has 1 fully saturated rings. The summed E-state index contributed by atoms with van der Waals surface area (Å²) in [7, 11) is 0. The van der Waals surface area contributed by atoms with Crippen LogP contribution >= 0.6 is 11.6 Å². The molecular weight excluding hydrogens is 359 g/mol. The molecule has 0 saturated carbocycles. The lowest BCUT2D eigenvalue weighted by Gasteiger charge is -2.22. The number of nitrogens with one attached hydrogen (secondary N) is 3. The zero-order valence-corrected chi connectivity index (χ0v) is 14.2. The number of hydrogen-bond acceptors (Lipinski definition) is 3. The van der Waals surface area contributed by atoms with Crippen LogP contribution in [0.15, 0.2) is 42.5 Å². The Hall–Kier alpha value is -3.11. The third kappa shape index (κ3) is 3.76. The Labute approximate surface area is 154 Å². The normalized spacial score (nSPS) is 17.0. The number of nitrogens with zero attached hydrogens (tertiary/aromatic N) is 1. The summed E-state index contributed by atoms with van der Waals surface area (Å²) in [5.41, 5.74) is 1.74. The van der Waals surface area contributed by atoms with E-state index >= 15 is 0 Å². The first kappa shape index (κ1) is 17.7. The van der Waals surface area contributed by atoms with Crippen molar-refractivity contribution in [2.75, 3.05) is 6.54 Å². The van der Waals surface area contributed by atoms with E-state index in [9.17, 15) is 14.0 Å². The van der Waals surface area contributed by atoms with Crippen molar-refractivity contribution in [1.29, 1.82) is 5.26 Å². The van der Waals surface area contributed by atoms with Crippen LogP contribution in [0.3, 0.4) is 0 Å². The van der Waals surface area contributed by atoms with Gasteiger partial charge in [0.25, 0.3) is 0 Å². The monoisotopic (exact) mass is 372 g/mol. The molecule has 1 heterocycles. The van der Waals surface area contributed by atoms with Crippen LogP contribution in [0, 0.1) is 17.1 Å². The third-order valence-electron chi connectivity index (χ3n) is 4.03. The molecule has 0 radical (unpaired) electrons. The number of halogens is 2. The molecule has 26 heavy (non-hydrogen) atoms. The van der Waals surface area contributed by atoms with Gasteiger partial charge in [-0.3, -0.25) is 4.79 Å². The van der Waals surface area contributed by atoms with Gasteiger partial charge in [0.1, 0.15) is 11.9 Å². The maximum Gasteiger partial charge on any atom is 0.315 e. The predicted octanol–water partition coefficient (Wildman–Crippen LogP) is 2.24. The predicted molar refractivity (Wildman–Crippen MR) is 92.9 cm³/mol. The number of amides is 3. The maximum absolute atomic E-state index is 13.5. The maximum atomic E-state index is 13.5. The topological polar surface area (TPSA) is 94.0 Å². The summed E-state index contributed by atoms with van der Waals surface area (Å²) in [6, 6.07) is 11.1. The van der Waals surface area contributed by atoms with Gasteiger partial charge in [-0.2, -0.15) is 5.26 Å². The molecule has 6 nitrogen and oxygen atoms in total. The van der Waals surface area contributed by atoms with E-state index in [1.807, 2.05) is 6.07 Å². The smallest absolute Gasteiger partial charge is 0.315 e. The van der Waals surface area contributed by atoms with Crippen molar-refractivity contribution in [3.05, 3.63) is 70.0 Å². The first-order chi connectivity index (χ1) is 12.5. The molecule has 1 saturated heterocycles. The summed E-state index contributed by atoms with van der Waals surface area (Å²) in [4.78, 5) is 23.7. The highest BCUT2D eigenvalue weighted by molar-refractivity contribution is 6.30. The second-order valence-electron chi connectivity index (χ2n) is 5.76. The standard InChI is InChI=1S/C18H14ClFN4O2/c19-13-7-12(5-6-14(13)20)16(11-3-1-10(8-21)2-4-11)24-17(25)15-9-22-18(26)23-15/h1-7,15-16H,9H2,(H,24,25)(H2,22,23,26)/t15?,16-/m1/s1. The molecule has 3 N–H and O–H groups in total. The quantitative estimate of drug-likeness (QED) is 0.768. The molecule has 3 rings (SSSR count). The Morgan fingerprint density at radius 2 is 1.96 bits per heavy atom. The fourth-order valence-corrected chi connectivity index (χ4v) is 2.85. The Morgan fingerprint density at radius 3 is 2.54 bits per heavy atom. The number of hydrogen-bond donors (Lipinski definition) is 3. The molecule has 2 atom stereocenters. The first-order valence-electron chi connectivity index (χ1n) is 7.77. The van der Waals surface area contributed by atoms with Crippen molar-refractivity contribution in [2.24, 2.45) is 0 Å². The molecular formula is C18H14ClFN4O2. The van der Waals surface area contributed by atoms with Gasteiger partial charge in [0, 0.05) is 6.54 Å². The molecule has 0 bridgehead atoms. The number of benzene rings is 2. The first-order valence-corrected chi connectivity index (χ1v) is 8.15. The number of carbonyl (C=O) groups is 2. The van der Waals surface area contributed by atoms with Crippen LogP contribution in [0.25, 0.3) is 0 Å². The lowest BCUT2D eigenvalue weighted by atomic mass is 9.97. The fraction of sp³-hybridized carbons (Fsp3) is 0.167. The van der Waals surface area contributed by atoms with Crippen LogP contribution in [0.5, 0.6) is 0 Å². The second kappa shape index (κ2) is 7.42. The molecule has 2 aromatic carbocycles. The van der Waals surface area contributed by atoms with Crippen molar-refractivity contribution in [3.8, 4) is 6.07 Å². The van der Waals surface area contributed by atoms with E-state index in [0.29, 0.717) is 16.7 Å². The number of urea groups is 1. The summed E-state index contributed by atoms with van der Waals surface area (Å²) in [6.07, 6.45) is 0. The highest BCUT2D eigenvalue weighted by Gasteiger charge is 2.29. The zero-order valence-electron chi connectivity index (χ0n) is 13.4. The van der Waals surface area contributed by atoms with E-state index in [1.54, 1.807) is 24.3 Å². The van der Waals surface area contributed by atoms with E-state index in [-0.39, 0.29) is 11.6 Å². The zero-order chi connectivity index (χ0) is 18.7. The lowest BCUT2D eigenvalue weighted by molar-refractivity contribution is -0.122. The molecule has 1 aliphatic heterocycles. The van der Waals surface area contributed by atoms with Crippen molar-refractivity contribution in [1.82, 2.24) is 16.0 Å². The van der Waals surface area contributed by atoms with Crippen molar-refractivity contribution in [3.63, 3.8) is 0 Å². The minimum Gasteiger partial charge on any atom is -0.343 e. The van der Waals surface area contributed by atoms with Crippen molar-refractivity contribution < 1.29 is 14.0 Å². The van der Waals surface area contributed by atoms with E-state index in [0.717, 1.165) is 0 Å². The highest BCUT2D eigenvalue weighted by atomic mass is 35.5. The molecule has 2 aromatic rings. The Balaban J connectivity index is 1.92.